The standard InChI is InChI=1S/C7H10N2O3/c10-4-6(11)5-12-7-3-8-1-2-9-7/h1-3,6,10-11H,4-5H2/t6-/m1/s1. The van der Waals surface area contributed by atoms with E-state index in [0.717, 1.165) is 0 Å². The fourth-order valence-electron chi connectivity index (χ4n) is 0.594. The molecule has 0 bridgehead atoms. The van der Waals surface area contributed by atoms with Gasteiger partial charge < -0.3 is 14.9 Å². The third kappa shape index (κ3) is 2.81. The van der Waals surface area contributed by atoms with Crippen LogP contribution in [-0.4, -0.2) is 39.5 Å². The molecule has 0 unspecified atom stereocenters. The number of aromatic nitrogens is 2. The zero-order valence-corrected chi connectivity index (χ0v) is 6.42. The molecule has 0 aliphatic heterocycles. The van der Waals surface area contributed by atoms with Crippen LogP contribution in [0.1, 0.15) is 0 Å². The van der Waals surface area contributed by atoms with Gasteiger partial charge in [-0.2, -0.15) is 0 Å². The molecule has 0 aliphatic carbocycles. The Morgan fingerprint density at radius 3 is 2.92 bits per heavy atom. The quantitative estimate of drug-likeness (QED) is 0.619. The summed E-state index contributed by atoms with van der Waals surface area (Å²) in [5.74, 6) is 0.338. The molecule has 2 N–H and O–H groups in total. The van der Waals surface area contributed by atoms with Crippen LogP contribution in [0.4, 0.5) is 0 Å². The van der Waals surface area contributed by atoms with E-state index in [1.54, 1.807) is 0 Å². The molecule has 1 atom stereocenters. The second-order valence-electron chi connectivity index (χ2n) is 2.19. The lowest BCUT2D eigenvalue weighted by Crippen LogP contribution is -2.21. The van der Waals surface area contributed by atoms with Gasteiger partial charge in [-0.05, 0) is 0 Å². The fraction of sp³-hybridized carbons (Fsp3) is 0.429. The zero-order valence-electron chi connectivity index (χ0n) is 6.42. The van der Waals surface area contributed by atoms with E-state index in [2.05, 4.69) is 9.97 Å². The Morgan fingerprint density at radius 1 is 1.50 bits per heavy atom. The SMILES string of the molecule is OC[C@@H](O)COc1cnccn1. The van der Waals surface area contributed by atoms with E-state index in [1.165, 1.54) is 18.6 Å². The van der Waals surface area contributed by atoms with Gasteiger partial charge >= 0.3 is 0 Å². The maximum Gasteiger partial charge on any atom is 0.232 e. The van der Waals surface area contributed by atoms with Gasteiger partial charge in [-0.3, -0.25) is 4.98 Å². The first kappa shape index (κ1) is 8.89. The lowest BCUT2D eigenvalue weighted by Gasteiger charge is -2.07. The van der Waals surface area contributed by atoms with Crippen molar-refractivity contribution >= 4 is 0 Å². The average Bonchev–Trinajstić information content (AvgIpc) is 2.16. The molecule has 0 saturated carbocycles. The van der Waals surface area contributed by atoms with Gasteiger partial charge in [0.15, 0.2) is 0 Å². The van der Waals surface area contributed by atoms with E-state index in [9.17, 15) is 0 Å². The molecule has 1 aromatic heterocycles. The number of aliphatic hydroxyl groups is 2. The van der Waals surface area contributed by atoms with Crippen LogP contribution in [0.25, 0.3) is 0 Å². The number of hydrogen-bond acceptors (Lipinski definition) is 5. The molecule has 5 nitrogen and oxygen atoms in total. The Balaban J connectivity index is 2.33. The highest BCUT2D eigenvalue weighted by Crippen LogP contribution is 2.00. The van der Waals surface area contributed by atoms with Gasteiger partial charge in [-0.15, -0.1) is 0 Å². The molecular weight excluding hydrogens is 160 g/mol. The monoisotopic (exact) mass is 170 g/mol. The fourth-order valence-corrected chi connectivity index (χ4v) is 0.594. The Bertz CT molecular complexity index is 217. The second kappa shape index (κ2) is 4.63. The molecule has 1 rings (SSSR count). The van der Waals surface area contributed by atoms with Crippen molar-refractivity contribution in [3.05, 3.63) is 18.6 Å². The first-order valence-electron chi connectivity index (χ1n) is 3.50. The number of ether oxygens (including phenoxy) is 1. The molecule has 0 saturated heterocycles. The van der Waals surface area contributed by atoms with Crippen molar-refractivity contribution in [2.45, 2.75) is 6.10 Å². The van der Waals surface area contributed by atoms with E-state index < -0.39 is 6.10 Å². The van der Waals surface area contributed by atoms with Crippen LogP contribution in [0.2, 0.25) is 0 Å². The van der Waals surface area contributed by atoms with Gasteiger partial charge in [-0.25, -0.2) is 4.98 Å². The normalized spacial score (nSPS) is 12.5. The minimum atomic E-state index is -0.869. The van der Waals surface area contributed by atoms with E-state index in [-0.39, 0.29) is 13.2 Å². The van der Waals surface area contributed by atoms with Crippen LogP contribution in [0, 0.1) is 0 Å². The predicted octanol–water partition coefficient (Wildman–Crippen LogP) is -0.791. The van der Waals surface area contributed by atoms with Gasteiger partial charge in [0.25, 0.3) is 0 Å². The first-order valence-corrected chi connectivity index (χ1v) is 3.50. The highest BCUT2D eigenvalue weighted by Gasteiger charge is 2.02. The lowest BCUT2D eigenvalue weighted by atomic mass is 10.4. The van der Waals surface area contributed by atoms with E-state index in [1.807, 2.05) is 0 Å². The Morgan fingerprint density at radius 2 is 2.33 bits per heavy atom. The molecule has 0 fully saturated rings. The van der Waals surface area contributed by atoms with Gasteiger partial charge in [0, 0.05) is 12.4 Å². The highest BCUT2D eigenvalue weighted by atomic mass is 16.5. The van der Waals surface area contributed by atoms with Crippen LogP contribution < -0.4 is 4.74 Å². The summed E-state index contributed by atoms with van der Waals surface area (Å²) in [6.45, 7) is -0.296. The average molecular weight is 170 g/mol. The van der Waals surface area contributed by atoms with Crippen LogP contribution in [-0.2, 0) is 0 Å². The van der Waals surface area contributed by atoms with E-state index >= 15 is 0 Å². The summed E-state index contributed by atoms with van der Waals surface area (Å²) in [4.78, 5) is 7.56. The van der Waals surface area contributed by atoms with Crippen molar-refractivity contribution in [1.82, 2.24) is 9.97 Å². The van der Waals surface area contributed by atoms with Crippen LogP contribution >= 0.6 is 0 Å². The molecule has 0 amide bonds. The highest BCUT2D eigenvalue weighted by molar-refractivity contribution is 5.00. The molecule has 0 aliphatic rings. The van der Waals surface area contributed by atoms with Crippen LogP contribution in [0.3, 0.4) is 0 Å². The maximum absolute atomic E-state index is 8.90. The van der Waals surface area contributed by atoms with Crippen molar-refractivity contribution in [3.8, 4) is 5.88 Å². The van der Waals surface area contributed by atoms with Crippen LogP contribution in [0.15, 0.2) is 18.6 Å². The molecule has 5 heteroatoms. The van der Waals surface area contributed by atoms with Crippen molar-refractivity contribution in [1.29, 1.82) is 0 Å². The van der Waals surface area contributed by atoms with Gasteiger partial charge in [0.05, 0.1) is 12.8 Å². The van der Waals surface area contributed by atoms with E-state index in [0.29, 0.717) is 5.88 Å². The van der Waals surface area contributed by atoms with Gasteiger partial charge in [0.2, 0.25) is 5.88 Å². The third-order valence-corrected chi connectivity index (χ3v) is 1.17. The van der Waals surface area contributed by atoms with E-state index in [4.69, 9.17) is 14.9 Å². The molecule has 0 radical (unpaired) electrons. The molecule has 1 heterocycles. The van der Waals surface area contributed by atoms with Crippen molar-refractivity contribution < 1.29 is 14.9 Å². The van der Waals surface area contributed by atoms with Crippen LogP contribution in [0.5, 0.6) is 5.88 Å². The number of nitrogens with zero attached hydrogens (tertiary/aromatic N) is 2. The lowest BCUT2D eigenvalue weighted by molar-refractivity contribution is 0.0520. The molecular formula is C7H10N2O3. The maximum atomic E-state index is 8.90. The Labute approximate surface area is 69.7 Å². The molecule has 1 aromatic rings. The largest absolute Gasteiger partial charge is 0.474 e. The summed E-state index contributed by atoms with van der Waals surface area (Å²) in [7, 11) is 0. The van der Waals surface area contributed by atoms with Crippen molar-refractivity contribution in [2.24, 2.45) is 0 Å². The third-order valence-electron chi connectivity index (χ3n) is 1.17. The van der Waals surface area contributed by atoms with Crippen molar-refractivity contribution in [2.75, 3.05) is 13.2 Å². The topological polar surface area (TPSA) is 75.5 Å². The Kier molecular flexibility index (Phi) is 3.43. The number of rotatable bonds is 4. The summed E-state index contributed by atoms with van der Waals surface area (Å²) in [6, 6.07) is 0. The van der Waals surface area contributed by atoms with Gasteiger partial charge in [-0.1, -0.05) is 0 Å². The number of aliphatic hydroxyl groups excluding tert-OH is 2. The number of hydrogen-bond donors (Lipinski definition) is 2. The summed E-state index contributed by atoms with van der Waals surface area (Å²) < 4.78 is 4.98. The molecule has 12 heavy (non-hydrogen) atoms. The molecule has 0 spiro atoms. The smallest absolute Gasteiger partial charge is 0.232 e. The summed E-state index contributed by atoms with van der Waals surface area (Å²) in [5, 5.41) is 17.3. The second-order valence-corrected chi connectivity index (χ2v) is 2.19. The summed E-state index contributed by atoms with van der Waals surface area (Å²) >= 11 is 0. The first-order chi connectivity index (χ1) is 5.83. The minimum Gasteiger partial charge on any atom is -0.474 e. The Hall–Kier alpha value is -1.20. The van der Waals surface area contributed by atoms with Crippen molar-refractivity contribution in [3.63, 3.8) is 0 Å². The molecule has 66 valence electrons. The summed E-state index contributed by atoms with van der Waals surface area (Å²) in [5.41, 5.74) is 0. The predicted molar refractivity (Wildman–Crippen MR) is 40.6 cm³/mol. The molecule has 0 aromatic carbocycles. The zero-order chi connectivity index (χ0) is 8.81. The van der Waals surface area contributed by atoms with Gasteiger partial charge in [0.1, 0.15) is 12.7 Å². The minimum absolute atomic E-state index is 0.0230. The summed E-state index contributed by atoms with van der Waals surface area (Å²) in [6.07, 6.45) is 3.58.